The minimum Gasteiger partial charge on any atom is -0.353 e. The third-order valence-electron chi connectivity index (χ3n) is 6.83. The van der Waals surface area contributed by atoms with Gasteiger partial charge in [0.05, 0.1) is 12.5 Å². The summed E-state index contributed by atoms with van der Waals surface area (Å²) in [7, 11) is 1.84. The Morgan fingerprint density at radius 2 is 1.79 bits per heavy atom. The third kappa shape index (κ3) is 4.49. The molecule has 2 aromatic rings. The molecule has 1 N–H and O–H groups in total. The Hall–Kier alpha value is -2.87. The van der Waals surface area contributed by atoms with E-state index in [2.05, 4.69) is 10.4 Å². The minimum atomic E-state index is -0.175. The highest BCUT2D eigenvalue weighted by atomic mass is 35.5. The number of carbonyl (C=O) groups excluding carboxylic acids is 3. The number of hydrogen-bond donors (Lipinski definition) is 1. The topological polar surface area (TPSA) is 87.5 Å². The second-order valence-electron chi connectivity index (χ2n) is 9.25. The number of nitrogens with zero attached hydrogens (tertiary/aromatic N) is 4. The molecule has 1 saturated heterocycles. The maximum absolute atomic E-state index is 13.5. The molecule has 5 rings (SSSR count). The van der Waals surface area contributed by atoms with Crippen LogP contribution in [0, 0.1) is 5.92 Å². The van der Waals surface area contributed by atoms with Crippen molar-refractivity contribution in [1.82, 2.24) is 24.9 Å². The van der Waals surface area contributed by atoms with E-state index in [9.17, 15) is 14.4 Å². The van der Waals surface area contributed by atoms with Crippen molar-refractivity contribution in [2.45, 2.75) is 44.7 Å². The number of benzene rings is 1. The van der Waals surface area contributed by atoms with Crippen LogP contribution in [0.3, 0.4) is 0 Å². The quantitative estimate of drug-likeness (QED) is 0.744. The average Bonchev–Trinajstić information content (AvgIpc) is 3.59. The van der Waals surface area contributed by atoms with Crippen LogP contribution in [0.2, 0.25) is 5.02 Å². The van der Waals surface area contributed by atoms with E-state index in [-0.39, 0.29) is 23.6 Å². The van der Waals surface area contributed by atoms with Crippen molar-refractivity contribution in [1.29, 1.82) is 0 Å². The molecule has 1 atom stereocenters. The second kappa shape index (κ2) is 8.82. The van der Waals surface area contributed by atoms with Crippen LogP contribution in [-0.4, -0.2) is 63.0 Å². The molecule has 3 amide bonds. The van der Waals surface area contributed by atoms with Crippen molar-refractivity contribution in [3.05, 3.63) is 51.8 Å². The molecular weight excluding hydrogens is 442 g/mol. The predicted molar refractivity (Wildman–Crippen MR) is 123 cm³/mol. The van der Waals surface area contributed by atoms with Crippen molar-refractivity contribution < 1.29 is 14.4 Å². The van der Waals surface area contributed by atoms with Gasteiger partial charge in [-0.3, -0.25) is 19.1 Å². The molecule has 1 aliphatic carbocycles. The lowest BCUT2D eigenvalue weighted by atomic mass is 9.96. The fourth-order valence-corrected chi connectivity index (χ4v) is 4.91. The summed E-state index contributed by atoms with van der Waals surface area (Å²) >= 11 is 5.96. The summed E-state index contributed by atoms with van der Waals surface area (Å²) in [5.74, 6) is -0.366. The average molecular weight is 470 g/mol. The standard InChI is InChI=1S/C24H28ClN5O3/c1-28-20-10-12-30(23(32)15-4-6-17(25)7-5-15)14-19(20)21(27-28)24(33)29-11-2-3-16(13-29)22(31)26-18-8-9-18/h4-7,16,18H,2-3,8-14H2,1H3,(H,26,31). The fourth-order valence-electron chi connectivity index (χ4n) is 4.78. The molecule has 1 aromatic carbocycles. The van der Waals surface area contributed by atoms with Crippen LogP contribution >= 0.6 is 11.6 Å². The molecule has 3 heterocycles. The molecular formula is C24H28ClN5O3. The molecule has 1 unspecified atom stereocenters. The highest BCUT2D eigenvalue weighted by molar-refractivity contribution is 6.30. The highest BCUT2D eigenvalue weighted by Gasteiger charge is 2.35. The number of nitrogens with one attached hydrogen (secondary N) is 1. The number of halogens is 1. The summed E-state index contributed by atoms with van der Waals surface area (Å²) < 4.78 is 1.76. The Morgan fingerprint density at radius 3 is 2.52 bits per heavy atom. The number of rotatable bonds is 4. The summed E-state index contributed by atoms with van der Waals surface area (Å²) in [6.07, 6.45) is 4.33. The first-order valence-electron chi connectivity index (χ1n) is 11.6. The maximum atomic E-state index is 13.5. The number of fused-ring (bicyclic) bond motifs is 1. The van der Waals surface area contributed by atoms with Crippen molar-refractivity contribution in [3.63, 3.8) is 0 Å². The Kier molecular flexibility index (Phi) is 5.86. The van der Waals surface area contributed by atoms with Gasteiger partial charge < -0.3 is 15.1 Å². The predicted octanol–water partition coefficient (Wildman–Crippen LogP) is 2.40. The van der Waals surface area contributed by atoms with E-state index >= 15 is 0 Å². The Bertz CT molecular complexity index is 1090. The number of hydrogen-bond acceptors (Lipinski definition) is 4. The van der Waals surface area contributed by atoms with Crippen molar-refractivity contribution in [2.75, 3.05) is 19.6 Å². The monoisotopic (exact) mass is 469 g/mol. The van der Waals surface area contributed by atoms with Crippen LogP contribution in [-0.2, 0) is 24.8 Å². The van der Waals surface area contributed by atoms with Crippen molar-refractivity contribution >= 4 is 29.3 Å². The lowest BCUT2D eigenvalue weighted by molar-refractivity contribution is -0.126. The van der Waals surface area contributed by atoms with E-state index in [0.717, 1.165) is 36.9 Å². The number of aromatic nitrogens is 2. The lowest BCUT2D eigenvalue weighted by Crippen LogP contribution is -2.46. The first-order valence-corrected chi connectivity index (χ1v) is 12.0. The minimum absolute atomic E-state index is 0.0535. The van der Waals surface area contributed by atoms with E-state index in [4.69, 9.17) is 11.6 Å². The first-order chi connectivity index (χ1) is 15.9. The number of carbonyl (C=O) groups is 3. The van der Waals surface area contributed by atoms with Gasteiger partial charge >= 0.3 is 0 Å². The van der Waals surface area contributed by atoms with Gasteiger partial charge in [0.1, 0.15) is 0 Å². The Morgan fingerprint density at radius 1 is 1.03 bits per heavy atom. The van der Waals surface area contributed by atoms with E-state index in [1.807, 2.05) is 7.05 Å². The van der Waals surface area contributed by atoms with Crippen LogP contribution in [0.15, 0.2) is 24.3 Å². The normalized spacial score (nSPS) is 20.4. The zero-order valence-corrected chi connectivity index (χ0v) is 19.5. The van der Waals surface area contributed by atoms with Gasteiger partial charge in [0.2, 0.25) is 5.91 Å². The molecule has 0 spiro atoms. The SMILES string of the molecule is Cn1nc(C(=O)N2CCCC(C(=O)NC3CC3)C2)c2c1CCN(C(=O)c1ccc(Cl)cc1)C2. The molecule has 8 nitrogen and oxygen atoms in total. The number of piperidine rings is 1. The van der Waals surface area contributed by atoms with Gasteiger partial charge in [0, 0.05) is 61.0 Å². The summed E-state index contributed by atoms with van der Waals surface area (Å²) in [6, 6.07) is 7.16. The summed E-state index contributed by atoms with van der Waals surface area (Å²) in [5, 5.41) is 8.19. The van der Waals surface area contributed by atoms with Gasteiger partial charge in [0.25, 0.3) is 11.8 Å². The smallest absolute Gasteiger partial charge is 0.274 e. The van der Waals surface area contributed by atoms with Gasteiger partial charge in [-0.25, -0.2) is 0 Å². The molecule has 9 heteroatoms. The summed E-state index contributed by atoms with van der Waals surface area (Å²) in [4.78, 5) is 42.6. The van der Waals surface area contributed by atoms with E-state index in [1.165, 1.54) is 0 Å². The van der Waals surface area contributed by atoms with Crippen LogP contribution < -0.4 is 5.32 Å². The van der Waals surface area contributed by atoms with Gasteiger partial charge in [0.15, 0.2) is 5.69 Å². The summed E-state index contributed by atoms with van der Waals surface area (Å²) in [6.45, 7) is 1.93. The Labute approximate surface area is 197 Å². The number of likely N-dealkylation sites (tertiary alicyclic amines) is 1. The number of aryl methyl sites for hydroxylation is 1. The third-order valence-corrected chi connectivity index (χ3v) is 7.08. The van der Waals surface area contributed by atoms with Crippen LogP contribution in [0.1, 0.15) is 57.8 Å². The molecule has 2 fully saturated rings. The van der Waals surface area contributed by atoms with E-state index in [1.54, 1.807) is 38.7 Å². The molecule has 1 saturated carbocycles. The van der Waals surface area contributed by atoms with Gasteiger partial charge in [-0.2, -0.15) is 5.10 Å². The van der Waals surface area contributed by atoms with Crippen molar-refractivity contribution in [2.24, 2.45) is 13.0 Å². The Balaban J connectivity index is 1.33. The largest absolute Gasteiger partial charge is 0.353 e. The zero-order valence-electron chi connectivity index (χ0n) is 18.7. The molecule has 0 bridgehead atoms. The molecule has 2 aliphatic heterocycles. The zero-order chi connectivity index (χ0) is 23.1. The highest BCUT2D eigenvalue weighted by Crippen LogP contribution is 2.27. The molecule has 0 radical (unpaired) electrons. The molecule has 3 aliphatic rings. The lowest BCUT2D eigenvalue weighted by Gasteiger charge is -2.32. The molecule has 1 aromatic heterocycles. The first kappa shape index (κ1) is 21.9. The fraction of sp³-hybridized carbons (Fsp3) is 0.500. The summed E-state index contributed by atoms with van der Waals surface area (Å²) in [5.41, 5.74) is 2.75. The van der Waals surface area contributed by atoms with Gasteiger partial charge in [-0.1, -0.05) is 11.6 Å². The maximum Gasteiger partial charge on any atom is 0.274 e. The van der Waals surface area contributed by atoms with Crippen LogP contribution in [0.4, 0.5) is 0 Å². The molecule has 33 heavy (non-hydrogen) atoms. The van der Waals surface area contributed by atoms with Crippen LogP contribution in [0.25, 0.3) is 0 Å². The van der Waals surface area contributed by atoms with Gasteiger partial charge in [-0.05, 0) is 49.9 Å². The van der Waals surface area contributed by atoms with E-state index < -0.39 is 0 Å². The van der Waals surface area contributed by atoms with E-state index in [0.29, 0.717) is 54.9 Å². The van der Waals surface area contributed by atoms with Crippen molar-refractivity contribution in [3.8, 4) is 0 Å². The van der Waals surface area contributed by atoms with Gasteiger partial charge in [-0.15, -0.1) is 0 Å². The number of amides is 3. The van der Waals surface area contributed by atoms with Crippen LogP contribution in [0.5, 0.6) is 0 Å². The second-order valence-corrected chi connectivity index (χ2v) is 9.69. The molecule has 174 valence electrons.